The Morgan fingerprint density at radius 3 is 2.93 bits per heavy atom. The van der Waals surface area contributed by atoms with Crippen LogP contribution in [0.15, 0.2) is 30.8 Å². The first-order valence-electron chi connectivity index (χ1n) is 9.83. The number of nitrogens with one attached hydrogen (secondary N) is 1. The largest absolute Gasteiger partial charge is 0.463 e. The van der Waals surface area contributed by atoms with Crippen molar-refractivity contribution in [3.8, 4) is 11.6 Å². The predicted octanol–water partition coefficient (Wildman–Crippen LogP) is 3.32. The fourth-order valence-electron chi connectivity index (χ4n) is 3.63. The Balaban J connectivity index is 1.39. The number of amides is 1. The highest BCUT2D eigenvalue weighted by Gasteiger charge is 2.41. The Morgan fingerprint density at radius 1 is 1.33 bits per heavy atom. The third kappa shape index (κ3) is 4.56. The molecule has 0 saturated heterocycles. The van der Waals surface area contributed by atoms with Crippen LogP contribution in [0.5, 0.6) is 0 Å². The van der Waals surface area contributed by atoms with Crippen LogP contribution in [-0.2, 0) is 14.3 Å². The zero-order chi connectivity index (χ0) is 21.1. The molecule has 0 spiro atoms. The van der Waals surface area contributed by atoms with Gasteiger partial charge >= 0.3 is 5.97 Å². The Bertz CT molecular complexity index is 970. The first-order valence-corrected chi connectivity index (χ1v) is 11.7. The summed E-state index contributed by atoms with van der Waals surface area (Å²) in [4.78, 5) is 25.0. The van der Waals surface area contributed by atoms with Crippen molar-refractivity contribution in [2.45, 2.75) is 50.0 Å². The van der Waals surface area contributed by atoms with Crippen LogP contribution in [0.3, 0.4) is 0 Å². The predicted molar refractivity (Wildman–Crippen MR) is 110 cm³/mol. The van der Waals surface area contributed by atoms with Gasteiger partial charge in [-0.2, -0.15) is 0 Å². The molecule has 1 aliphatic carbocycles. The fourth-order valence-corrected chi connectivity index (χ4v) is 5.75. The van der Waals surface area contributed by atoms with Crippen LogP contribution in [0.25, 0.3) is 11.6 Å². The lowest BCUT2D eigenvalue weighted by Gasteiger charge is -2.25. The molecule has 9 nitrogen and oxygen atoms in total. The van der Waals surface area contributed by atoms with Crippen molar-refractivity contribution in [3.05, 3.63) is 22.4 Å². The summed E-state index contributed by atoms with van der Waals surface area (Å²) >= 11 is 2.70. The highest BCUT2D eigenvalue weighted by Crippen LogP contribution is 2.48. The van der Waals surface area contributed by atoms with Gasteiger partial charge in [0.2, 0.25) is 5.91 Å². The molecule has 0 radical (unpaired) electrons. The van der Waals surface area contributed by atoms with Crippen molar-refractivity contribution < 1.29 is 23.3 Å². The Hall–Kier alpha value is -2.27. The van der Waals surface area contributed by atoms with Gasteiger partial charge in [0.15, 0.2) is 5.69 Å². The molecular weight excluding hydrogens is 428 g/mol. The number of carbonyl (C=O) groups excluding carboxylic acids is 2. The Kier molecular flexibility index (Phi) is 6.47. The maximum Gasteiger partial charge on any atom is 0.336 e. The standard InChI is InChI=1S/C19H22N4O5S2/c1-3-26-18(25)15-11-6-4-5-7-13(11)30-17(15)20-14(24)9-29-19-22-21-16(27-19)12-8-10(2)28-23-12/h8,11,13H,3-7,9H2,1-2H3,(H,20,24)/t11-,13+/m1/s1. The molecule has 11 heteroatoms. The normalized spacial score (nSPS) is 20.9. The molecule has 2 aliphatic rings. The number of fused-ring (bicyclic) bond motifs is 1. The number of aryl methyl sites for hydroxylation is 1. The molecule has 1 saturated carbocycles. The third-order valence-electron chi connectivity index (χ3n) is 4.92. The topological polar surface area (TPSA) is 120 Å². The van der Waals surface area contributed by atoms with Crippen LogP contribution in [0.2, 0.25) is 0 Å². The summed E-state index contributed by atoms with van der Waals surface area (Å²) in [6.45, 7) is 3.86. The average molecular weight is 451 g/mol. The lowest BCUT2D eigenvalue weighted by atomic mass is 9.84. The smallest absolute Gasteiger partial charge is 0.336 e. The number of hydrogen-bond acceptors (Lipinski definition) is 10. The molecule has 3 heterocycles. The first-order chi connectivity index (χ1) is 14.5. The summed E-state index contributed by atoms with van der Waals surface area (Å²) in [5, 5.41) is 15.8. The molecule has 2 atom stereocenters. The minimum atomic E-state index is -0.327. The lowest BCUT2D eigenvalue weighted by molar-refractivity contribution is -0.139. The van der Waals surface area contributed by atoms with Crippen molar-refractivity contribution in [3.63, 3.8) is 0 Å². The van der Waals surface area contributed by atoms with Gasteiger partial charge in [-0.15, -0.1) is 22.0 Å². The molecule has 1 amide bonds. The van der Waals surface area contributed by atoms with E-state index < -0.39 is 0 Å². The Labute approximate surface area is 181 Å². The quantitative estimate of drug-likeness (QED) is 0.497. The molecule has 0 unspecified atom stereocenters. The average Bonchev–Trinajstić information content (AvgIpc) is 3.44. The van der Waals surface area contributed by atoms with E-state index in [4.69, 9.17) is 13.7 Å². The van der Waals surface area contributed by atoms with Crippen LogP contribution in [-0.4, -0.2) is 44.8 Å². The van der Waals surface area contributed by atoms with E-state index in [0.29, 0.717) is 33.9 Å². The Morgan fingerprint density at radius 2 is 2.17 bits per heavy atom. The molecule has 2 aromatic heterocycles. The van der Waals surface area contributed by atoms with E-state index in [9.17, 15) is 9.59 Å². The van der Waals surface area contributed by atoms with Crippen molar-refractivity contribution >= 4 is 35.4 Å². The van der Waals surface area contributed by atoms with Gasteiger partial charge in [0.1, 0.15) is 5.76 Å². The molecule has 0 bridgehead atoms. The van der Waals surface area contributed by atoms with Gasteiger partial charge in [0, 0.05) is 17.2 Å². The van der Waals surface area contributed by atoms with Crippen LogP contribution in [0.1, 0.15) is 38.4 Å². The second-order valence-corrected chi connectivity index (χ2v) is 9.22. The second kappa shape index (κ2) is 9.25. The number of esters is 1. The van der Waals surface area contributed by atoms with Crippen molar-refractivity contribution in [1.29, 1.82) is 0 Å². The molecule has 2 aromatic rings. The number of hydrogen-bond donors (Lipinski definition) is 1. The molecular formula is C19H22N4O5S2. The van der Waals surface area contributed by atoms with Gasteiger partial charge in [-0.1, -0.05) is 29.8 Å². The summed E-state index contributed by atoms with van der Waals surface area (Å²) in [6, 6.07) is 1.69. The number of rotatable bonds is 7. The zero-order valence-electron chi connectivity index (χ0n) is 16.7. The molecule has 0 aromatic carbocycles. The van der Waals surface area contributed by atoms with Crippen LogP contribution in [0.4, 0.5) is 0 Å². The molecule has 1 aliphatic heterocycles. The molecule has 1 N–H and O–H groups in total. The highest BCUT2D eigenvalue weighted by atomic mass is 32.2. The SMILES string of the molecule is CCOC(=O)C1=C(NC(=O)CSc2nnc(-c3cc(C)on3)o2)S[C@H]2CCCC[C@@H]12. The van der Waals surface area contributed by atoms with Gasteiger partial charge in [0.05, 0.1) is 23.0 Å². The molecule has 4 rings (SSSR count). The van der Waals surface area contributed by atoms with Crippen molar-refractivity contribution in [1.82, 2.24) is 20.7 Å². The summed E-state index contributed by atoms with van der Waals surface area (Å²) in [6.07, 6.45) is 4.23. The minimum Gasteiger partial charge on any atom is -0.463 e. The number of thioether (sulfide) groups is 2. The van der Waals surface area contributed by atoms with E-state index in [1.807, 2.05) is 0 Å². The van der Waals surface area contributed by atoms with Gasteiger partial charge in [0.25, 0.3) is 11.1 Å². The summed E-state index contributed by atoms with van der Waals surface area (Å²) in [7, 11) is 0. The third-order valence-corrected chi connectivity index (χ3v) is 7.16. The maximum absolute atomic E-state index is 12.5. The summed E-state index contributed by atoms with van der Waals surface area (Å²) < 4.78 is 15.8. The van der Waals surface area contributed by atoms with Gasteiger partial charge in [-0.25, -0.2) is 4.79 Å². The lowest BCUT2D eigenvalue weighted by Crippen LogP contribution is -2.26. The monoisotopic (exact) mass is 450 g/mol. The van der Waals surface area contributed by atoms with Crippen LogP contribution in [0, 0.1) is 12.8 Å². The van der Waals surface area contributed by atoms with Gasteiger partial charge in [-0.3, -0.25) is 4.79 Å². The second-order valence-electron chi connectivity index (χ2n) is 7.04. The molecule has 160 valence electrons. The minimum absolute atomic E-state index is 0.0783. The fraction of sp³-hybridized carbons (Fsp3) is 0.526. The number of ether oxygens (including phenoxy) is 1. The van der Waals surface area contributed by atoms with E-state index in [1.54, 1.807) is 31.7 Å². The van der Waals surface area contributed by atoms with Crippen molar-refractivity contribution in [2.24, 2.45) is 5.92 Å². The zero-order valence-corrected chi connectivity index (χ0v) is 18.3. The van der Waals surface area contributed by atoms with E-state index in [0.717, 1.165) is 37.4 Å². The van der Waals surface area contributed by atoms with E-state index in [1.165, 1.54) is 0 Å². The number of carbonyl (C=O) groups is 2. The number of aromatic nitrogens is 3. The highest BCUT2D eigenvalue weighted by molar-refractivity contribution is 8.04. The van der Waals surface area contributed by atoms with E-state index in [-0.39, 0.29) is 34.7 Å². The van der Waals surface area contributed by atoms with Crippen LogP contribution >= 0.6 is 23.5 Å². The first kappa shape index (κ1) is 21.0. The van der Waals surface area contributed by atoms with Gasteiger partial charge < -0.3 is 19.0 Å². The molecule has 1 fully saturated rings. The summed E-state index contributed by atoms with van der Waals surface area (Å²) in [5.41, 5.74) is 1.07. The molecule has 30 heavy (non-hydrogen) atoms. The number of nitrogens with zero attached hydrogens (tertiary/aromatic N) is 3. The van der Waals surface area contributed by atoms with E-state index in [2.05, 4.69) is 20.7 Å². The van der Waals surface area contributed by atoms with Crippen LogP contribution < -0.4 is 5.32 Å². The summed E-state index contributed by atoms with van der Waals surface area (Å²) in [5.74, 6) is 0.533. The van der Waals surface area contributed by atoms with Gasteiger partial charge in [-0.05, 0) is 26.7 Å². The van der Waals surface area contributed by atoms with Crippen molar-refractivity contribution in [2.75, 3.05) is 12.4 Å². The van der Waals surface area contributed by atoms with E-state index >= 15 is 0 Å². The maximum atomic E-state index is 12.5.